The number of anilines is 1. The summed E-state index contributed by atoms with van der Waals surface area (Å²) in [4.78, 5) is 16.9. The Bertz CT molecular complexity index is 503. The van der Waals surface area contributed by atoms with Gasteiger partial charge in [0, 0.05) is 19.3 Å². The highest BCUT2D eigenvalue weighted by Crippen LogP contribution is 2.39. The molecule has 0 aromatic heterocycles. The molecule has 21 heavy (non-hydrogen) atoms. The minimum Gasteiger partial charge on any atom is -0.379 e. The molecule has 1 aromatic carbocycles. The number of benzene rings is 1. The van der Waals surface area contributed by atoms with E-state index in [1.54, 1.807) is 7.11 Å². The van der Waals surface area contributed by atoms with Crippen LogP contribution < -0.4 is 4.90 Å². The van der Waals surface area contributed by atoms with Crippen LogP contribution in [0.4, 0.5) is 10.5 Å². The quantitative estimate of drug-likeness (QED) is 0.852. The zero-order valence-corrected chi connectivity index (χ0v) is 13.0. The fraction of sp³-hybridized carbons (Fsp3) is 0.588. The molecule has 1 aromatic rings. The minimum atomic E-state index is 0.131. The van der Waals surface area contributed by atoms with Gasteiger partial charge in [0.2, 0.25) is 0 Å². The van der Waals surface area contributed by atoms with Gasteiger partial charge in [-0.2, -0.15) is 0 Å². The summed E-state index contributed by atoms with van der Waals surface area (Å²) in [6.45, 7) is 5.11. The van der Waals surface area contributed by atoms with E-state index in [1.165, 1.54) is 0 Å². The lowest BCUT2D eigenvalue weighted by Gasteiger charge is -2.28. The van der Waals surface area contributed by atoms with E-state index in [1.807, 2.05) is 40.1 Å². The Hall–Kier alpha value is -1.55. The number of fused-ring (bicyclic) bond motifs is 1. The Morgan fingerprint density at radius 1 is 1.24 bits per heavy atom. The van der Waals surface area contributed by atoms with Gasteiger partial charge >= 0.3 is 6.03 Å². The smallest absolute Gasteiger partial charge is 0.325 e. The van der Waals surface area contributed by atoms with Crippen molar-refractivity contribution in [2.75, 3.05) is 18.6 Å². The van der Waals surface area contributed by atoms with Gasteiger partial charge in [-0.25, -0.2) is 4.79 Å². The number of amides is 2. The molecule has 3 rings (SSSR count). The van der Waals surface area contributed by atoms with Crippen LogP contribution in [0.2, 0.25) is 0 Å². The van der Waals surface area contributed by atoms with Crippen LogP contribution in [0, 0.1) is 5.92 Å². The SMILES string of the molecule is CO[C@H]1CCC2C1N(CC(C)C)C(=O)N2c1ccccc1. The molecule has 4 nitrogen and oxygen atoms in total. The van der Waals surface area contributed by atoms with Crippen molar-refractivity contribution in [2.45, 2.75) is 44.9 Å². The number of ether oxygens (including phenoxy) is 1. The van der Waals surface area contributed by atoms with Crippen molar-refractivity contribution >= 4 is 11.7 Å². The topological polar surface area (TPSA) is 32.8 Å². The van der Waals surface area contributed by atoms with E-state index in [2.05, 4.69) is 13.8 Å². The molecular formula is C17H24N2O2. The second-order valence-corrected chi connectivity index (χ2v) is 6.44. The molecule has 0 N–H and O–H groups in total. The molecule has 0 radical (unpaired) electrons. The standard InChI is InChI=1S/C17H24N2O2/c1-12(2)11-18-16-14(9-10-15(16)21-3)19(17(18)20)13-7-5-4-6-8-13/h4-8,12,14-16H,9-11H2,1-3H3/t14?,15-,16?/m0/s1. The number of para-hydroxylation sites is 1. The Morgan fingerprint density at radius 3 is 2.57 bits per heavy atom. The molecule has 0 bridgehead atoms. The molecule has 114 valence electrons. The van der Waals surface area contributed by atoms with E-state index < -0.39 is 0 Å². The van der Waals surface area contributed by atoms with Gasteiger partial charge in [-0.1, -0.05) is 32.0 Å². The number of hydrogen-bond acceptors (Lipinski definition) is 2. The molecule has 1 aliphatic carbocycles. The Labute approximate surface area is 126 Å². The van der Waals surface area contributed by atoms with Crippen LogP contribution in [0.1, 0.15) is 26.7 Å². The fourth-order valence-corrected chi connectivity index (χ4v) is 3.76. The second-order valence-electron chi connectivity index (χ2n) is 6.44. The first-order valence-corrected chi connectivity index (χ1v) is 7.81. The molecule has 1 saturated carbocycles. The summed E-state index contributed by atoms with van der Waals surface area (Å²) < 4.78 is 5.65. The minimum absolute atomic E-state index is 0.131. The van der Waals surface area contributed by atoms with Crippen LogP contribution in [0.25, 0.3) is 0 Å². The lowest BCUT2D eigenvalue weighted by atomic mass is 10.1. The predicted molar refractivity (Wildman–Crippen MR) is 83.5 cm³/mol. The van der Waals surface area contributed by atoms with E-state index in [0.29, 0.717) is 5.92 Å². The van der Waals surface area contributed by atoms with E-state index in [0.717, 1.165) is 25.1 Å². The third-order valence-corrected chi connectivity index (χ3v) is 4.56. The normalized spacial score (nSPS) is 28.6. The van der Waals surface area contributed by atoms with E-state index >= 15 is 0 Å². The largest absolute Gasteiger partial charge is 0.379 e. The first-order chi connectivity index (χ1) is 10.1. The monoisotopic (exact) mass is 288 g/mol. The predicted octanol–water partition coefficient (Wildman–Crippen LogP) is 3.13. The summed E-state index contributed by atoms with van der Waals surface area (Å²) >= 11 is 0. The van der Waals surface area contributed by atoms with Crippen molar-refractivity contribution in [1.29, 1.82) is 0 Å². The molecule has 1 heterocycles. The molecule has 3 atom stereocenters. The van der Waals surface area contributed by atoms with Crippen molar-refractivity contribution in [3.8, 4) is 0 Å². The summed E-state index contributed by atoms with van der Waals surface area (Å²) in [5.41, 5.74) is 1.00. The Balaban J connectivity index is 1.94. The van der Waals surface area contributed by atoms with Crippen LogP contribution in [0.3, 0.4) is 0 Å². The number of urea groups is 1. The van der Waals surface area contributed by atoms with Gasteiger partial charge < -0.3 is 9.64 Å². The summed E-state index contributed by atoms with van der Waals surface area (Å²) in [6, 6.07) is 10.6. The average Bonchev–Trinajstić information content (AvgIpc) is 2.99. The molecule has 2 fully saturated rings. The molecule has 1 saturated heterocycles. The molecule has 0 spiro atoms. The summed E-state index contributed by atoms with van der Waals surface area (Å²) in [7, 11) is 1.76. The highest BCUT2D eigenvalue weighted by molar-refractivity contribution is 5.96. The van der Waals surface area contributed by atoms with Crippen molar-refractivity contribution < 1.29 is 9.53 Å². The van der Waals surface area contributed by atoms with Crippen molar-refractivity contribution in [3.63, 3.8) is 0 Å². The number of nitrogens with zero attached hydrogens (tertiary/aromatic N) is 2. The van der Waals surface area contributed by atoms with E-state index in [9.17, 15) is 4.79 Å². The zero-order chi connectivity index (χ0) is 15.0. The maximum Gasteiger partial charge on any atom is 0.325 e. The van der Waals surface area contributed by atoms with Crippen molar-refractivity contribution in [1.82, 2.24) is 4.90 Å². The van der Waals surface area contributed by atoms with Gasteiger partial charge in [0.15, 0.2) is 0 Å². The molecule has 2 unspecified atom stereocenters. The summed E-state index contributed by atoms with van der Waals surface area (Å²) in [6.07, 6.45) is 2.20. The van der Waals surface area contributed by atoms with Crippen molar-refractivity contribution in [3.05, 3.63) is 30.3 Å². The van der Waals surface area contributed by atoms with Gasteiger partial charge in [-0.3, -0.25) is 4.90 Å². The van der Waals surface area contributed by atoms with Crippen molar-refractivity contribution in [2.24, 2.45) is 5.92 Å². The molecule has 4 heteroatoms. The second kappa shape index (κ2) is 5.68. The van der Waals surface area contributed by atoms with Gasteiger partial charge in [-0.15, -0.1) is 0 Å². The van der Waals surface area contributed by atoms with Gasteiger partial charge in [0.25, 0.3) is 0 Å². The number of hydrogen-bond donors (Lipinski definition) is 0. The average molecular weight is 288 g/mol. The molecule has 2 amide bonds. The van der Waals surface area contributed by atoms with Crippen LogP contribution >= 0.6 is 0 Å². The van der Waals surface area contributed by atoms with Crippen LogP contribution in [-0.2, 0) is 4.74 Å². The van der Waals surface area contributed by atoms with Crippen LogP contribution in [0.5, 0.6) is 0 Å². The van der Waals surface area contributed by atoms with Gasteiger partial charge in [0.1, 0.15) is 0 Å². The lowest BCUT2D eigenvalue weighted by molar-refractivity contribution is 0.0516. The Kier molecular flexibility index (Phi) is 3.89. The fourth-order valence-electron chi connectivity index (χ4n) is 3.76. The molecule has 1 aliphatic heterocycles. The summed E-state index contributed by atoms with van der Waals surface area (Å²) in [5.74, 6) is 0.462. The number of carbonyl (C=O) groups excluding carboxylic acids is 1. The third-order valence-electron chi connectivity index (χ3n) is 4.56. The number of carbonyl (C=O) groups is 1. The maximum atomic E-state index is 12.9. The van der Waals surface area contributed by atoms with Gasteiger partial charge in [-0.05, 0) is 30.9 Å². The van der Waals surface area contributed by atoms with E-state index in [4.69, 9.17) is 4.74 Å². The molecular weight excluding hydrogens is 264 g/mol. The zero-order valence-electron chi connectivity index (χ0n) is 13.0. The van der Waals surface area contributed by atoms with Crippen LogP contribution in [0.15, 0.2) is 30.3 Å². The highest BCUT2D eigenvalue weighted by atomic mass is 16.5. The molecule has 2 aliphatic rings. The van der Waals surface area contributed by atoms with Crippen LogP contribution in [-0.4, -0.2) is 42.8 Å². The number of methoxy groups -OCH3 is 1. The van der Waals surface area contributed by atoms with E-state index in [-0.39, 0.29) is 24.2 Å². The lowest BCUT2D eigenvalue weighted by Crippen LogP contribution is -2.43. The highest BCUT2D eigenvalue weighted by Gasteiger charge is 2.53. The third kappa shape index (κ3) is 2.42. The van der Waals surface area contributed by atoms with Gasteiger partial charge in [0.05, 0.1) is 18.2 Å². The summed E-state index contributed by atoms with van der Waals surface area (Å²) in [5, 5.41) is 0. The Morgan fingerprint density at radius 2 is 1.95 bits per heavy atom. The first-order valence-electron chi connectivity index (χ1n) is 7.81. The maximum absolute atomic E-state index is 12.9. The number of rotatable bonds is 4. The first kappa shape index (κ1) is 14.4.